The highest BCUT2D eigenvalue weighted by Gasteiger charge is 2.30. The molecular weight excluding hydrogens is 228 g/mol. The number of hydrogen-bond donors (Lipinski definition) is 1. The summed E-state index contributed by atoms with van der Waals surface area (Å²) in [6, 6.07) is 1.88. The van der Waals surface area contributed by atoms with Crippen molar-refractivity contribution in [3.05, 3.63) is 29.9 Å². The first-order chi connectivity index (χ1) is 8.60. The maximum atomic E-state index is 5.79. The molecule has 0 saturated carbocycles. The number of pyridine rings is 1. The zero-order valence-electron chi connectivity index (χ0n) is 11.0. The summed E-state index contributed by atoms with van der Waals surface area (Å²) in [6.07, 6.45) is 4.37. The normalized spacial score (nSPS) is 14.4. The lowest BCUT2D eigenvalue weighted by Crippen LogP contribution is -2.31. The van der Waals surface area contributed by atoms with Crippen molar-refractivity contribution in [2.24, 2.45) is 5.73 Å². The first-order valence-electron chi connectivity index (χ1n) is 6.06. The fraction of sp³-hybridized carbons (Fsp3) is 0.462. The van der Waals surface area contributed by atoms with Crippen LogP contribution in [0.4, 0.5) is 0 Å². The number of nitrogens with two attached hydrogens (primary N) is 1. The summed E-state index contributed by atoms with van der Waals surface area (Å²) >= 11 is 0. The third-order valence-corrected chi connectivity index (χ3v) is 3.43. The molecule has 1 unspecified atom stereocenters. The van der Waals surface area contributed by atoms with Gasteiger partial charge in [-0.1, -0.05) is 12.1 Å². The van der Waals surface area contributed by atoms with Crippen LogP contribution in [-0.2, 0) is 5.41 Å². The van der Waals surface area contributed by atoms with Crippen molar-refractivity contribution in [1.82, 2.24) is 15.1 Å². The molecule has 18 heavy (non-hydrogen) atoms. The predicted molar refractivity (Wildman–Crippen MR) is 69.0 cm³/mol. The second-order valence-electron chi connectivity index (χ2n) is 4.73. The Labute approximate surface area is 106 Å². The molecule has 2 N–H and O–H groups in total. The Bertz CT molecular complexity index is 531. The molecule has 0 amide bonds. The van der Waals surface area contributed by atoms with Gasteiger partial charge in [-0.25, -0.2) is 0 Å². The third kappa shape index (κ3) is 2.13. The van der Waals surface area contributed by atoms with Gasteiger partial charge in [0.25, 0.3) is 0 Å². The van der Waals surface area contributed by atoms with Gasteiger partial charge < -0.3 is 10.3 Å². The lowest BCUT2D eigenvalue weighted by atomic mass is 9.88. The number of aromatic nitrogens is 3. The predicted octanol–water partition coefficient (Wildman–Crippen LogP) is 2.07. The van der Waals surface area contributed by atoms with Crippen molar-refractivity contribution in [3.8, 4) is 11.4 Å². The van der Waals surface area contributed by atoms with Gasteiger partial charge in [0, 0.05) is 24.5 Å². The van der Waals surface area contributed by atoms with E-state index in [1.54, 1.807) is 12.4 Å². The van der Waals surface area contributed by atoms with Crippen LogP contribution in [0.5, 0.6) is 0 Å². The van der Waals surface area contributed by atoms with Crippen LogP contribution in [0.1, 0.15) is 31.7 Å². The van der Waals surface area contributed by atoms with Gasteiger partial charge in [-0.3, -0.25) is 4.98 Å². The maximum Gasteiger partial charge on any atom is 0.234 e. The zero-order valence-corrected chi connectivity index (χ0v) is 11.0. The summed E-state index contributed by atoms with van der Waals surface area (Å²) in [5.41, 5.74) is 7.50. The van der Waals surface area contributed by atoms with Crippen LogP contribution in [0.3, 0.4) is 0 Å². The number of rotatable bonds is 4. The lowest BCUT2D eigenvalue weighted by Gasteiger charge is -2.20. The highest BCUT2D eigenvalue weighted by molar-refractivity contribution is 5.58. The smallest absolute Gasteiger partial charge is 0.234 e. The monoisotopic (exact) mass is 246 g/mol. The number of hydrogen-bond acceptors (Lipinski definition) is 5. The van der Waals surface area contributed by atoms with Crippen molar-refractivity contribution < 1.29 is 4.52 Å². The molecule has 2 heterocycles. The van der Waals surface area contributed by atoms with Gasteiger partial charge in [-0.15, -0.1) is 0 Å². The largest absolute Gasteiger partial charge is 0.338 e. The van der Waals surface area contributed by atoms with E-state index in [4.69, 9.17) is 10.3 Å². The van der Waals surface area contributed by atoms with E-state index in [2.05, 4.69) is 22.0 Å². The molecule has 96 valence electrons. The van der Waals surface area contributed by atoms with Gasteiger partial charge in [0.1, 0.15) is 0 Å². The van der Waals surface area contributed by atoms with E-state index in [9.17, 15) is 0 Å². The summed E-state index contributed by atoms with van der Waals surface area (Å²) in [5.74, 6) is 1.19. The highest BCUT2D eigenvalue weighted by Crippen LogP contribution is 2.27. The summed E-state index contributed by atoms with van der Waals surface area (Å²) in [6.45, 7) is 6.55. The minimum Gasteiger partial charge on any atom is -0.338 e. The van der Waals surface area contributed by atoms with Crippen LogP contribution in [0.2, 0.25) is 0 Å². The molecule has 0 fully saturated rings. The van der Waals surface area contributed by atoms with E-state index in [0.29, 0.717) is 18.3 Å². The van der Waals surface area contributed by atoms with Gasteiger partial charge >= 0.3 is 0 Å². The molecule has 0 aliphatic heterocycles. The molecule has 1 atom stereocenters. The second-order valence-corrected chi connectivity index (χ2v) is 4.73. The van der Waals surface area contributed by atoms with Gasteiger partial charge in [0.05, 0.1) is 5.41 Å². The molecule has 0 aliphatic carbocycles. The topological polar surface area (TPSA) is 77.8 Å². The molecule has 2 aromatic heterocycles. The summed E-state index contributed by atoms with van der Waals surface area (Å²) in [5, 5.41) is 4.04. The average molecular weight is 246 g/mol. The number of aryl methyl sites for hydroxylation is 1. The Balaban J connectivity index is 2.40. The van der Waals surface area contributed by atoms with Crippen LogP contribution in [0.15, 0.2) is 23.0 Å². The average Bonchev–Trinajstić information content (AvgIpc) is 2.88. The van der Waals surface area contributed by atoms with E-state index in [1.165, 1.54) is 0 Å². The fourth-order valence-corrected chi connectivity index (χ4v) is 1.69. The van der Waals surface area contributed by atoms with Gasteiger partial charge in [0.2, 0.25) is 11.7 Å². The molecule has 0 spiro atoms. The van der Waals surface area contributed by atoms with Crippen LogP contribution >= 0.6 is 0 Å². The van der Waals surface area contributed by atoms with Crippen molar-refractivity contribution in [2.75, 3.05) is 6.54 Å². The van der Waals surface area contributed by atoms with Gasteiger partial charge in [-0.2, -0.15) is 4.98 Å². The Morgan fingerprint density at radius 2 is 2.22 bits per heavy atom. The third-order valence-electron chi connectivity index (χ3n) is 3.43. The van der Waals surface area contributed by atoms with E-state index in [1.807, 2.05) is 19.9 Å². The van der Waals surface area contributed by atoms with Crippen LogP contribution in [0, 0.1) is 6.92 Å². The molecule has 0 bridgehead atoms. The van der Waals surface area contributed by atoms with E-state index >= 15 is 0 Å². The quantitative estimate of drug-likeness (QED) is 0.893. The Hall–Kier alpha value is -1.75. The van der Waals surface area contributed by atoms with Gasteiger partial charge in [-0.05, 0) is 31.9 Å². The standard InChI is InChI=1S/C13H18N4O/c1-4-13(3,8-14)12-16-11(17-18-12)10-5-6-15-7-9(10)2/h5-7H,4,8,14H2,1-3H3. The Morgan fingerprint density at radius 1 is 1.44 bits per heavy atom. The first kappa shape index (κ1) is 12.7. The molecule has 0 radical (unpaired) electrons. The molecule has 5 heteroatoms. The molecule has 0 saturated heterocycles. The maximum absolute atomic E-state index is 5.79. The van der Waals surface area contributed by atoms with E-state index in [-0.39, 0.29) is 5.41 Å². The van der Waals surface area contributed by atoms with Crippen LogP contribution in [-0.4, -0.2) is 21.7 Å². The summed E-state index contributed by atoms with van der Waals surface area (Å²) in [7, 11) is 0. The van der Waals surface area contributed by atoms with Crippen molar-refractivity contribution in [2.45, 2.75) is 32.6 Å². The van der Waals surface area contributed by atoms with E-state index in [0.717, 1.165) is 17.5 Å². The van der Waals surface area contributed by atoms with Crippen LogP contribution in [0.25, 0.3) is 11.4 Å². The SMILES string of the molecule is CCC(C)(CN)c1nc(-c2ccncc2C)no1. The Kier molecular flexibility index (Phi) is 3.43. The zero-order chi connectivity index (χ0) is 13.2. The minimum atomic E-state index is -0.258. The van der Waals surface area contributed by atoms with Crippen molar-refractivity contribution in [1.29, 1.82) is 0 Å². The summed E-state index contributed by atoms with van der Waals surface area (Å²) in [4.78, 5) is 8.52. The van der Waals surface area contributed by atoms with E-state index < -0.39 is 0 Å². The molecule has 5 nitrogen and oxygen atoms in total. The second kappa shape index (κ2) is 4.86. The number of nitrogens with zero attached hydrogens (tertiary/aromatic N) is 3. The minimum absolute atomic E-state index is 0.258. The summed E-state index contributed by atoms with van der Waals surface area (Å²) < 4.78 is 5.36. The lowest BCUT2D eigenvalue weighted by molar-refractivity contribution is 0.291. The molecule has 2 aromatic rings. The highest BCUT2D eigenvalue weighted by atomic mass is 16.5. The fourth-order valence-electron chi connectivity index (χ4n) is 1.69. The van der Waals surface area contributed by atoms with Gasteiger partial charge in [0.15, 0.2) is 0 Å². The molecular formula is C13H18N4O. The van der Waals surface area contributed by atoms with Crippen molar-refractivity contribution >= 4 is 0 Å². The molecule has 0 aromatic carbocycles. The Morgan fingerprint density at radius 3 is 2.83 bits per heavy atom. The molecule has 2 rings (SSSR count). The molecule has 0 aliphatic rings. The van der Waals surface area contributed by atoms with Crippen LogP contribution < -0.4 is 5.73 Å². The van der Waals surface area contributed by atoms with Crippen molar-refractivity contribution in [3.63, 3.8) is 0 Å². The first-order valence-corrected chi connectivity index (χ1v) is 6.06.